The van der Waals surface area contributed by atoms with Crippen LogP contribution in [0, 0.1) is 0 Å². The van der Waals surface area contributed by atoms with Gasteiger partial charge in [0.05, 0.1) is 5.69 Å². The number of likely N-dealkylation sites (tertiary alicyclic amines) is 1. The van der Waals surface area contributed by atoms with Crippen molar-refractivity contribution in [1.82, 2.24) is 14.8 Å². The third-order valence-corrected chi connectivity index (χ3v) is 3.35. The first kappa shape index (κ1) is 9.89. The van der Waals surface area contributed by atoms with Gasteiger partial charge in [0.25, 0.3) is 0 Å². The van der Waals surface area contributed by atoms with Crippen LogP contribution in [0.3, 0.4) is 0 Å². The topological polar surface area (TPSA) is 45.4 Å². The normalized spacial score (nSPS) is 18.8. The molecule has 0 aromatic carbocycles. The van der Waals surface area contributed by atoms with Crippen molar-refractivity contribution in [2.45, 2.75) is 12.6 Å². The average molecular weight is 212 g/mol. The van der Waals surface area contributed by atoms with Crippen LogP contribution in [0.25, 0.3) is 0 Å². The van der Waals surface area contributed by atoms with Crippen molar-refractivity contribution in [1.29, 1.82) is 0 Å². The standard InChI is InChI=1S/C9H16N4S/c1-12(2)8-4-13(5-8)3-7-6-14-9(10)11-7/h6,8H,3-5H2,1-2H3,(H2,10,11). The summed E-state index contributed by atoms with van der Waals surface area (Å²) >= 11 is 1.52. The number of hydrogen-bond acceptors (Lipinski definition) is 5. The summed E-state index contributed by atoms with van der Waals surface area (Å²) < 4.78 is 0. The Labute approximate surface area is 88.3 Å². The van der Waals surface area contributed by atoms with E-state index in [4.69, 9.17) is 5.73 Å². The summed E-state index contributed by atoms with van der Waals surface area (Å²) in [5, 5.41) is 2.71. The van der Waals surface area contributed by atoms with E-state index >= 15 is 0 Å². The summed E-state index contributed by atoms with van der Waals surface area (Å²) in [7, 11) is 4.26. The van der Waals surface area contributed by atoms with Crippen molar-refractivity contribution in [2.24, 2.45) is 0 Å². The summed E-state index contributed by atoms with van der Waals surface area (Å²) in [4.78, 5) is 8.90. The zero-order chi connectivity index (χ0) is 10.1. The molecule has 78 valence electrons. The fraction of sp³-hybridized carbons (Fsp3) is 0.667. The third kappa shape index (κ3) is 2.05. The molecule has 0 saturated carbocycles. The maximum absolute atomic E-state index is 5.57. The lowest BCUT2D eigenvalue weighted by Gasteiger charge is -2.42. The molecule has 1 aliphatic rings. The Bertz CT molecular complexity index is 304. The van der Waals surface area contributed by atoms with Gasteiger partial charge < -0.3 is 10.6 Å². The van der Waals surface area contributed by atoms with Crippen molar-refractivity contribution in [2.75, 3.05) is 32.9 Å². The lowest BCUT2D eigenvalue weighted by Crippen LogP contribution is -2.56. The first-order chi connectivity index (χ1) is 6.65. The van der Waals surface area contributed by atoms with Gasteiger partial charge in [0.15, 0.2) is 5.13 Å². The minimum absolute atomic E-state index is 0.671. The number of nitrogens with two attached hydrogens (primary N) is 1. The van der Waals surface area contributed by atoms with Gasteiger partial charge in [-0.15, -0.1) is 11.3 Å². The van der Waals surface area contributed by atoms with Crippen molar-refractivity contribution >= 4 is 16.5 Å². The number of anilines is 1. The molecule has 2 rings (SSSR count). The quantitative estimate of drug-likeness (QED) is 0.791. The van der Waals surface area contributed by atoms with Crippen LogP contribution in [0.15, 0.2) is 5.38 Å². The van der Waals surface area contributed by atoms with E-state index in [1.807, 2.05) is 5.38 Å². The number of rotatable bonds is 3. The Kier molecular flexibility index (Phi) is 2.71. The van der Waals surface area contributed by atoms with E-state index in [2.05, 4.69) is 28.9 Å². The predicted molar refractivity (Wildman–Crippen MR) is 59.3 cm³/mol. The fourth-order valence-corrected chi connectivity index (χ4v) is 2.18. The molecule has 1 aromatic heterocycles. The molecule has 0 aliphatic carbocycles. The summed E-state index contributed by atoms with van der Waals surface area (Å²) in [6, 6.07) is 0.714. The largest absolute Gasteiger partial charge is 0.375 e. The van der Waals surface area contributed by atoms with Crippen LogP contribution in [-0.2, 0) is 6.54 Å². The van der Waals surface area contributed by atoms with Gasteiger partial charge in [-0.25, -0.2) is 4.98 Å². The first-order valence-corrected chi connectivity index (χ1v) is 5.62. The Morgan fingerprint density at radius 1 is 1.64 bits per heavy atom. The third-order valence-electron chi connectivity index (χ3n) is 2.62. The van der Waals surface area contributed by atoms with Crippen LogP contribution in [0.1, 0.15) is 5.69 Å². The lowest BCUT2D eigenvalue weighted by atomic mass is 10.1. The van der Waals surface area contributed by atoms with E-state index in [0.717, 1.165) is 25.3 Å². The Balaban J connectivity index is 1.79. The van der Waals surface area contributed by atoms with Crippen molar-refractivity contribution in [3.05, 3.63) is 11.1 Å². The minimum Gasteiger partial charge on any atom is -0.375 e. The van der Waals surface area contributed by atoms with Crippen LogP contribution >= 0.6 is 11.3 Å². The van der Waals surface area contributed by atoms with E-state index < -0.39 is 0 Å². The molecule has 0 amide bonds. The minimum atomic E-state index is 0.671. The van der Waals surface area contributed by atoms with E-state index in [9.17, 15) is 0 Å². The molecule has 2 heterocycles. The fourth-order valence-electron chi connectivity index (χ4n) is 1.62. The SMILES string of the molecule is CN(C)C1CN(Cc2csc(N)n2)C1. The Hall–Kier alpha value is -0.650. The molecule has 0 unspecified atom stereocenters. The second-order valence-electron chi connectivity index (χ2n) is 3.99. The monoisotopic (exact) mass is 212 g/mol. The Morgan fingerprint density at radius 3 is 2.86 bits per heavy atom. The van der Waals surface area contributed by atoms with Crippen LogP contribution in [0.4, 0.5) is 5.13 Å². The average Bonchev–Trinajstić information content (AvgIpc) is 2.42. The molecule has 0 spiro atoms. The summed E-state index contributed by atoms with van der Waals surface area (Å²) in [6.07, 6.45) is 0. The van der Waals surface area contributed by atoms with Gasteiger partial charge >= 0.3 is 0 Å². The highest BCUT2D eigenvalue weighted by Gasteiger charge is 2.28. The summed E-state index contributed by atoms with van der Waals surface area (Å²) in [5.41, 5.74) is 6.67. The number of hydrogen-bond donors (Lipinski definition) is 1. The predicted octanol–water partition coefficient (Wildman–Crippen LogP) is 0.471. The molecule has 1 saturated heterocycles. The molecular formula is C9H16N4S. The number of nitrogens with zero attached hydrogens (tertiary/aromatic N) is 3. The molecule has 1 aromatic rings. The van der Waals surface area contributed by atoms with Crippen LogP contribution in [-0.4, -0.2) is 48.0 Å². The molecule has 4 nitrogen and oxygen atoms in total. The lowest BCUT2D eigenvalue weighted by molar-refractivity contribution is 0.0565. The zero-order valence-corrected chi connectivity index (χ0v) is 9.42. The molecule has 5 heteroatoms. The van der Waals surface area contributed by atoms with Gasteiger partial charge in [-0.1, -0.05) is 0 Å². The van der Waals surface area contributed by atoms with Crippen LogP contribution in [0.5, 0.6) is 0 Å². The molecule has 0 bridgehead atoms. The van der Waals surface area contributed by atoms with Crippen molar-refractivity contribution < 1.29 is 0 Å². The number of nitrogen functional groups attached to an aromatic ring is 1. The van der Waals surface area contributed by atoms with Crippen molar-refractivity contribution in [3.63, 3.8) is 0 Å². The van der Waals surface area contributed by atoms with Gasteiger partial charge in [0.1, 0.15) is 0 Å². The van der Waals surface area contributed by atoms with Gasteiger partial charge in [-0.2, -0.15) is 0 Å². The van der Waals surface area contributed by atoms with E-state index in [0.29, 0.717) is 11.2 Å². The molecular weight excluding hydrogens is 196 g/mol. The van der Waals surface area contributed by atoms with E-state index in [-0.39, 0.29) is 0 Å². The molecule has 1 fully saturated rings. The molecule has 2 N–H and O–H groups in total. The van der Waals surface area contributed by atoms with Gasteiger partial charge in [-0.3, -0.25) is 4.90 Å². The van der Waals surface area contributed by atoms with Crippen molar-refractivity contribution in [3.8, 4) is 0 Å². The van der Waals surface area contributed by atoms with E-state index in [1.165, 1.54) is 11.3 Å². The van der Waals surface area contributed by atoms with Crippen LogP contribution < -0.4 is 5.73 Å². The smallest absolute Gasteiger partial charge is 0.180 e. The molecule has 1 aliphatic heterocycles. The van der Waals surface area contributed by atoms with Crippen LogP contribution in [0.2, 0.25) is 0 Å². The number of aromatic nitrogens is 1. The maximum atomic E-state index is 5.57. The summed E-state index contributed by atoms with van der Waals surface area (Å²) in [6.45, 7) is 3.23. The molecule has 0 atom stereocenters. The number of thiazole rings is 1. The first-order valence-electron chi connectivity index (χ1n) is 4.74. The number of likely N-dealkylation sites (N-methyl/N-ethyl adjacent to an activating group) is 1. The highest BCUT2D eigenvalue weighted by Crippen LogP contribution is 2.18. The summed E-state index contributed by atoms with van der Waals surface area (Å²) in [5.74, 6) is 0. The van der Waals surface area contributed by atoms with Gasteiger partial charge in [-0.05, 0) is 14.1 Å². The Morgan fingerprint density at radius 2 is 2.36 bits per heavy atom. The zero-order valence-electron chi connectivity index (χ0n) is 8.60. The second-order valence-corrected chi connectivity index (χ2v) is 4.88. The van der Waals surface area contributed by atoms with Gasteiger partial charge in [0.2, 0.25) is 0 Å². The highest BCUT2D eigenvalue weighted by molar-refractivity contribution is 7.13. The maximum Gasteiger partial charge on any atom is 0.180 e. The second kappa shape index (κ2) is 3.84. The van der Waals surface area contributed by atoms with E-state index in [1.54, 1.807) is 0 Å². The molecule has 0 radical (unpaired) electrons. The highest BCUT2D eigenvalue weighted by atomic mass is 32.1. The molecule has 14 heavy (non-hydrogen) atoms. The van der Waals surface area contributed by atoms with Gasteiger partial charge in [0, 0.05) is 31.1 Å².